The minimum Gasteiger partial charge on any atom is -0.351 e. The Morgan fingerprint density at radius 2 is 2.00 bits per heavy atom. The first kappa shape index (κ1) is 16.0. The third-order valence-electron chi connectivity index (χ3n) is 3.25. The summed E-state index contributed by atoms with van der Waals surface area (Å²) in [4.78, 5) is 47.4. The Morgan fingerprint density at radius 3 is 2.59 bits per heavy atom. The number of hydrogen-bond acceptors (Lipinski definition) is 4. The van der Waals surface area contributed by atoms with E-state index in [0.29, 0.717) is 10.0 Å². The maximum Gasteiger partial charge on any atom is 0.325 e. The Balaban J connectivity index is 2.27. The van der Waals surface area contributed by atoms with Crippen molar-refractivity contribution in [3.05, 3.63) is 34.3 Å². The van der Waals surface area contributed by atoms with Gasteiger partial charge in [0.15, 0.2) is 0 Å². The quantitative estimate of drug-likeness (QED) is 0.668. The smallest absolute Gasteiger partial charge is 0.325 e. The van der Waals surface area contributed by atoms with E-state index in [1.54, 1.807) is 36.5 Å². The van der Waals surface area contributed by atoms with Crippen molar-refractivity contribution >= 4 is 39.8 Å². The number of urea groups is 2. The summed E-state index contributed by atoms with van der Waals surface area (Å²) in [6.45, 7) is 0.951. The Kier molecular flexibility index (Phi) is 4.18. The molecule has 1 aromatic rings. The maximum absolute atomic E-state index is 12.5. The summed E-state index contributed by atoms with van der Waals surface area (Å²) < 4.78 is 0.648. The van der Waals surface area contributed by atoms with Gasteiger partial charge in [0.25, 0.3) is 5.91 Å². The number of nitrogens with two attached hydrogens (primary N) is 1. The number of rotatable bonds is 3. The average Bonchev–Trinajstić information content (AvgIpc) is 2.63. The van der Waals surface area contributed by atoms with E-state index in [4.69, 9.17) is 5.73 Å². The van der Waals surface area contributed by atoms with Crippen molar-refractivity contribution in [2.75, 3.05) is 6.54 Å². The Bertz CT molecular complexity index is 678. The minimum atomic E-state index is -1.30. The van der Waals surface area contributed by atoms with Gasteiger partial charge in [-0.1, -0.05) is 34.1 Å². The standard InChI is InChI=1S/C13H13BrN4O4/c1-13(7-4-2-3-5-8(7)14)10(20)18(12(22)17-13)6-9(19)16-11(15)21/h2-5H,6H2,1H3,(H,17,22)(H3,15,16,19,21). The highest BCUT2D eigenvalue weighted by Gasteiger charge is 2.50. The molecule has 0 spiro atoms. The van der Waals surface area contributed by atoms with Gasteiger partial charge in [-0.25, -0.2) is 9.59 Å². The van der Waals surface area contributed by atoms with Gasteiger partial charge in [-0.05, 0) is 13.0 Å². The second kappa shape index (κ2) is 5.76. The molecule has 0 bridgehead atoms. The topological polar surface area (TPSA) is 122 Å². The minimum absolute atomic E-state index is 0.561. The van der Waals surface area contributed by atoms with Crippen molar-refractivity contribution in [2.24, 2.45) is 5.73 Å². The van der Waals surface area contributed by atoms with Gasteiger partial charge >= 0.3 is 12.1 Å². The summed E-state index contributed by atoms with van der Waals surface area (Å²) in [5, 5.41) is 4.36. The monoisotopic (exact) mass is 368 g/mol. The van der Waals surface area contributed by atoms with Crippen molar-refractivity contribution in [3.63, 3.8) is 0 Å². The number of carbonyl (C=O) groups is 4. The van der Waals surface area contributed by atoms with E-state index in [1.807, 2.05) is 0 Å². The molecule has 2 rings (SSSR count). The molecule has 8 nitrogen and oxygen atoms in total. The number of amides is 6. The second-order valence-electron chi connectivity index (χ2n) is 4.84. The SMILES string of the molecule is CC1(c2ccccc2Br)NC(=O)N(CC(=O)NC(N)=O)C1=O. The van der Waals surface area contributed by atoms with E-state index in [0.717, 1.165) is 4.90 Å². The molecule has 22 heavy (non-hydrogen) atoms. The largest absolute Gasteiger partial charge is 0.351 e. The van der Waals surface area contributed by atoms with Crippen molar-refractivity contribution in [1.82, 2.24) is 15.5 Å². The van der Waals surface area contributed by atoms with E-state index in [-0.39, 0.29) is 0 Å². The van der Waals surface area contributed by atoms with E-state index in [9.17, 15) is 19.2 Å². The molecule has 1 aliphatic heterocycles. The third-order valence-corrected chi connectivity index (χ3v) is 3.94. The lowest BCUT2D eigenvalue weighted by Crippen LogP contribution is -2.45. The van der Waals surface area contributed by atoms with E-state index in [2.05, 4.69) is 21.2 Å². The molecule has 116 valence electrons. The highest BCUT2D eigenvalue weighted by molar-refractivity contribution is 9.10. The van der Waals surface area contributed by atoms with Crippen LogP contribution in [0.5, 0.6) is 0 Å². The summed E-state index contributed by atoms with van der Waals surface area (Å²) >= 11 is 3.33. The molecule has 1 heterocycles. The highest BCUT2D eigenvalue weighted by atomic mass is 79.9. The van der Waals surface area contributed by atoms with Crippen molar-refractivity contribution in [2.45, 2.75) is 12.5 Å². The molecule has 1 atom stereocenters. The first-order valence-corrected chi connectivity index (χ1v) is 7.03. The predicted octanol–water partition coefficient (Wildman–Crippen LogP) is 0.411. The molecule has 0 radical (unpaired) electrons. The van der Waals surface area contributed by atoms with Crippen LogP contribution >= 0.6 is 15.9 Å². The molecule has 4 N–H and O–H groups in total. The first-order valence-electron chi connectivity index (χ1n) is 6.24. The van der Waals surface area contributed by atoms with E-state index in [1.165, 1.54) is 0 Å². The molecule has 0 aliphatic carbocycles. The molecule has 1 saturated heterocycles. The molecule has 1 unspecified atom stereocenters. The molecule has 9 heteroatoms. The number of benzene rings is 1. The van der Waals surface area contributed by atoms with Gasteiger partial charge < -0.3 is 11.1 Å². The van der Waals surface area contributed by atoms with Crippen LogP contribution in [0, 0.1) is 0 Å². The van der Waals surface area contributed by atoms with Crippen LogP contribution in [-0.2, 0) is 15.1 Å². The van der Waals surface area contributed by atoms with Crippen LogP contribution in [0.25, 0.3) is 0 Å². The lowest BCUT2D eigenvalue weighted by atomic mass is 9.92. The summed E-state index contributed by atoms with van der Waals surface area (Å²) in [5.74, 6) is -1.43. The molecule has 1 aromatic carbocycles. The summed E-state index contributed by atoms with van der Waals surface area (Å²) in [6.07, 6.45) is 0. The molecule has 0 aromatic heterocycles. The van der Waals surface area contributed by atoms with Crippen LogP contribution in [0.3, 0.4) is 0 Å². The zero-order valence-electron chi connectivity index (χ0n) is 11.6. The summed E-state index contributed by atoms with van der Waals surface area (Å²) in [6, 6.07) is 5.16. The molecule has 6 amide bonds. The zero-order chi connectivity index (χ0) is 16.5. The van der Waals surface area contributed by atoms with Crippen LogP contribution in [0.4, 0.5) is 9.59 Å². The van der Waals surface area contributed by atoms with Crippen LogP contribution in [0.2, 0.25) is 0 Å². The van der Waals surface area contributed by atoms with E-state index < -0.39 is 36.0 Å². The van der Waals surface area contributed by atoms with Gasteiger partial charge in [-0.2, -0.15) is 0 Å². The van der Waals surface area contributed by atoms with Gasteiger partial charge in [0.1, 0.15) is 12.1 Å². The highest BCUT2D eigenvalue weighted by Crippen LogP contribution is 2.33. The lowest BCUT2D eigenvalue weighted by molar-refractivity contribution is -0.134. The van der Waals surface area contributed by atoms with Crippen LogP contribution in [0.15, 0.2) is 28.7 Å². The van der Waals surface area contributed by atoms with Crippen LogP contribution < -0.4 is 16.4 Å². The number of nitrogens with one attached hydrogen (secondary N) is 2. The number of carbonyl (C=O) groups excluding carboxylic acids is 4. The zero-order valence-corrected chi connectivity index (χ0v) is 13.1. The van der Waals surface area contributed by atoms with E-state index >= 15 is 0 Å². The van der Waals surface area contributed by atoms with Gasteiger partial charge in [0.05, 0.1) is 0 Å². The normalized spacial score (nSPS) is 20.7. The maximum atomic E-state index is 12.5. The van der Waals surface area contributed by atoms with Crippen molar-refractivity contribution in [3.8, 4) is 0 Å². The fraction of sp³-hybridized carbons (Fsp3) is 0.231. The Labute approximate surface area is 134 Å². The summed E-state index contributed by atoms with van der Waals surface area (Å²) in [7, 11) is 0. The third kappa shape index (κ3) is 2.80. The molecule has 0 saturated carbocycles. The number of halogens is 1. The van der Waals surface area contributed by atoms with Crippen molar-refractivity contribution < 1.29 is 19.2 Å². The molecule has 1 fully saturated rings. The van der Waals surface area contributed by atoms with Crippen LogP contribution in [-0.4, -0.2) is 35.3 Å². The fourth-order valence-corrected chi connectivity index (χ4v) is 2.89. The van der Waals surface area contributed by atoms with Crippen molar-refractivity contribution in [1.29, 1.82) is 0 Å². The van der Waals surface area contributed by atoms with Crippen LogP contribution in [0.1, 0.15) is 12.5 Å². The molecule has 1 aliphatic rings. The number of hydrogen-bond donors (Lipinski definition) is 3. The van der Waals surface area contributed by atoms with Gasteiger partial charge in [0, 0.05) is 10.0 Å². The Hall–Kier alpha value is -2.42. The molecular formula is C13H13BrN4O4. The lowest BCUT2D eigenvalue weighted by Gasteiger charge is -2.23. The fourth-order valence-electron chi connectivity index (χ4n) is 2.21. The predicted molar refractivity (Wildman–Crippen MR) is 79.5 cm³/mol. The molecular weight excluding hydrogens is 356 g/mol. The van der Waals surface area contributed by atoms with Gasteiger partial charge in [-0.3, -0.25) is 19.8 Å². The van der Waals surface area contributed by atoms with Gasteiger partial charge in [-0.15, -0.1) is 0 Å². The average molecular weight is 369 g/mol. The number of nitrogens with zero attached hydrogens (tertiary/aromatic N) is 1. The second-order valence-corrected chi connectivity index (χ2v) is 5.69. The number of imide groups is 2. The van der Waals surface area contributed by atoms with Gasteiger partial charge in [0.2, 0.25) is 5.91 Å². The Morgan fingerprint density at radius 1 is 1.36 bits per heavy atom. The number of primary amides is 1. The summed E-state index contributed by atoms with van der Waals surface area (Å²) in [5.41, 5.74) is 4.08. The first-order chi connectivity index (χ1) is 10.3.